The lowest BCUT2D eigenvalue weighted by atomic mass is 9.74. The number of hydrogen-bond donors (Lipinski definition) is 0. The Bertz CT molecular complexity index is 1180. The minimum absolute atomic E-state index is 0.113. The van der Waals surface area contributed by atoms with Gasteiger partial charge in [-0.05, 0) is 68.7 Å². The van der Waals surface area contributed by atoms with Crippen molar-refractivity contribution in [2.75, 3.05) is 9.80 Å². The first-order chi connectivity index (χ1) is 15.1. The van der Waals surface area contributed by atoms with Crippen LogP contribution in [0.1, 0.15) is 42.9 Å². The molecule has 2 aliphatic rings. The molecular weight excluding hydrogens is 437 g/mol. The molecular formula is C23H19F3N4OS. The number of aryl methyl sites for hydroxylation is 1. The number of aliphatic imine (C=N–C) groups is 1. The molecule has 1 aliphatic carbocycles. The van der Waals surface area contributed by atoms with E-state index in [-0.39, 0.29) is 10.8 Å². The van der Waals surface area contributed by atoms with Crippen molar-refractivity contribution in [1.82, 2.24) is 0 Å². The van der Waals surface area contributed by atoms with Crippen LogP contribution < -0.4 is 9.80 Å². The number of alkyl halides is 3. The molecule has 0 radical (unpaired) electrons. The summed E-state index contributed by atoms with van der Waals surface area (Å²) in [5.41, 5.74) is -0.294. The Kier molecular flexibility index (Phi) is 5.29. The first kappa shape index (κ1) is 22.0. The fourth-order valence-electron chi connectivity index (χ4n) is 4.23. The topological polar surface area (TPSA) is 59.7 Å². The number of thiocarbonyl (C=S) groups is 1. The highest BCUT2D eigenvalue weighted by Gasteiger charge is 2.58. The van der Waals surface area contributed by atoms with Crippen molar-refractivity contribution in [1.29, 1.82) is 5.26 Å². The van der Waals surface area contributed by atoms with E-state index in [2.05, 4.69) is 4.99 Å². The average molecular weight is 456 g/mol. The second kappa shape index (κ2) is 7.71. The van der Waals surface area contributed by atoms with Crippen LogP contribution in [0.3, 0.4) is 0 Å². The highest BCUT2D eigenvalue weighted by molar-refractivity contribution is 7.81. The van der Waals surface area contributed by atoms with E-state index in [9.17, 15) is 18.0 Å². The van der Waals surface area contributed by atoms with Gasteiger partial charge in [0.05, 0.1) is 22.9 Å². The molecule has 1 saturated carbocycles. The third-order valence-electron chi connectivity index (χ3n) is 5.86. The highest BCUT2D eigenvalue weighted by atomic mass is 32.1. The lowest BCUT2D eigenvalue weighted by Crippen LogP contribution is -2.55. The number of benzene rings is 2. The van der Waals surface area contributed by atoms with Crippen LogP contribution in [0, 0.1) is 18.3 Å². The van der Waals surface area contributed by atoms with Gasteiger partial charge in [0.15, 0.2) is 5.11 Å². The predicted molar refractivity (Wildman–Crippen MR) is 120 cm³/mol. The number of amidine groups is 1. The molecule has 1 amide bonds. The summed E-state index contributed by atoms with van der Waals surface area (Å²) in [6.45, 7) is 3.25. The van der Waals surface area contributed by atoms with E-state index in [0.29, 0.717) is 18.7 Å². The third-order valence-corrected chi connectivity index (χ3v) is 6.23. The summed E-state index contributed by atoms with van der Waals surface area (Å²) in [5.74, 6) is -0.144. The molecule has 2 fully saturated rings. The predicted octanol–water partition coefficient (Wildman–Crippen LogP) is 5.36. The van der Waals surface area contributed by atoms with Crippen LogP contribution in [0.5, 0.6) is 0 Å². The molecule has 1 aliphatic heterocycles. The van der Waals surface area contributed by atoms with E-state index in [4.69, 9.17) is 17.5 Å². The molecule has 0 N–H and O–H groups in total. The van der Waals surface area contributed by atoms with Gasteiger partial charge in [0.2, 0.25) is 5.91 Å². The van der Waals surface area contributed by atoms with Gasteiger partial charge in [-0.3, -0.25) is 9.69 Å². The van der Waals surface area contributed by atoms with Gasteiger partial charge in [0.1, 0.15) is 11.4 Å². The van der Waals surface area contributed by atoms with Gasteiger partial charge in [-0.25, -0.2) is 0 Å². The van der Waals surface area contributed by atoms with Gasteiger partial charge >= 0.3 is 6.18 Å². The molecule has 2 aromatic rings. The Labute approximate surface area is 188 Å². The van der Waals surface area contributed by atoms with E-state index in [1.165, 1.54) is 17.9 Å². The molecule has 5 nitrogen and oxygen atoms in total. The molecule has 1 spiro atoms. The number of nitriles is 1. The van der Waals surface area contributed by atoms with Crippen molar-refractivity contribution in [2.45, 2.75) is 44.8 Å². The van der Waals surface area contributed by atoms with E-state index < -0.39 is 28.7 Å². The second-order valence-electron chi connectivity index (χ2n) is 7.97. The molecule has 4 rings (SSSR count). The van der Waals surface area contributed by atoms with Crippen LogP contribution in [0.4, 0.5) is 24.5 Å². The van der Waals surface area contributed by atoms with Gasteiger partial charge in [-0.1, -0.05) is 17.7 Å². The van der Waals surface area contributed by atoms with Crippen LogP contribution >= 0.6 is 12.2 Å². The summed E-state index contributed by atoms with van der Waals surface area (Å²) in [6, 6.07) is 12.7. The smallest absolute Gasteiger partial charge is 0.305 e. The van der Waals surface area contributed by atoms with Crippen molar-refractivity contribution in [3.8, 4) is 6.07 Å². The SMILES string of the molecule is CC(=O)/N=C1/N(c2ccc(C#N)c(C(F)(F)F)c2)C(=S)N(c2ccc(C)cc2)C12CCC2. The van der Waals surface area contributed by atoms with Crippen LogP contribution in [-0.2, 0) is 11.0 Å². The third kappa shape index (κ3) is 3.45. The monoisotopic (exact) mass is 456 g/mol. The number of hydrogen-bond acceptors (Lipinski definition) is 3. The Morgan fingerprint density at radius 1 is 1.16 bits per heavy atom. The van der Waals surface area contributed by atoms with Crippen LogP contribution in [0.15, 0.2) is 47.5 Å². The van der Waals surface area contributed by atoms with Gasteiger partial charge in [0.25, 0.3) is 0 Å². The number of carbonyl (C=O) groups excluding carboxylic acids is 1. The summed E-state index contributed by atoms with van der Waals surface area (Å²) in [7, 11) is 0. The normalized spacial score (nSPS) is 18.8. The Hall–Kier alpha value is -3.25. The van der Waals surface area contributed by atoms with Gasteiger partial charge in [-0.15, -0.1) is 0 Å². The molecule has 2 aromatic carbocycles. The average Bonchev–Trinajstić information content (AvgIpc) is 2.95. The van der Waals surface area contributed by atoms with E-state index in [0.717, 1.165) is 29.8 Å². The minimum Gasteiger partial charge on any atom is -0.305 e. The number of rotatable bonds is 2. The molecule has 9 heteroatoms. The lowest BCUT2D eigenvalue weighted by Gasteiger charge is -2.44. The fourth-order valence-corrected chi connectivity index (χ4v) is 4.70. The van der Waals surface area contributed by atoms with E-state index in [1.807, 2.05) is 36.1 Å². The van der Waals surface area contributed by atoms with Gasteiger partial charge in [-0.2, -0.15) is 23.4 Å². The largest absolute Gasteiger partial charge is 0.417 e. The van der Waals surface area contributed by atoms with Crippen molar-refractivity contribution in [3.63, 3.8) is 0 Å². The summed E-state index contributed by atoms with van der Waals surface area (Å²) >= 11 is 5.75. The molecule has 1 heterocycles. The zero-order valence-corrected chi connectivity index (χ0v) is 18.2. The van der Waals surface area contributed by atoms with Gasteiger partial charge < -0.3 is 4.90 Å². The lowest BCUT2D eigenvalue weighted by molar-refractivity contribution is -0.137. The van der Waals surface area contributed by atoms with Crippen LogP contribution in [0.25, 0.3) is 0 Å². The molecule has 32 heavy (non-hydrogen) atoms. The van der Waals surface area contributed by atoms with Crippen LogP contribution in [0.2, 0.25) is 0 Å². The zero-order valence-electron chi connectivity index (χ0n) is 17.4. The molecule has 1 saturated heterocycles. The van der Waals surface area contributed by atoms with Gasteiger partial charge in [0, 0.05) is 12.6 Å². The number of halogens is 3. The first-order valence-electron chi connectivity index (χ1n) is 10.0. The molecule has 0 atom stereocenters. The maximum absolute atomic E-state index is 13.6. The minimum atomic E-state index is -4.72. The van der Waals surface area contributed by atoms with Crippen molar-refractivity contribution >= 4 is 40.4 Å². The van der Waals surface area contributed by atoms with E-state index >= 15 is 0 Å². The zero-order chi connectivity index (χ0) is 23.3. The maximum atomic E-state index is 13.6. The number of carbonyl (C=O) groups is 1. The summed E-state index contributed by atoms with van der Waals surface area (Å²) < 4.78 is 40.9. The number of anilines is 2. The number of amides is 1. The molecule has 0 aromatic heterocycles. The second-order valence-corrected chi connectivity index (χ2v) is 8.33. The summed E-state index contributed by atoms with van der Waals surface area (Å²) in [5, 5.41) is 9.38. The highest BCUT2D eigenvalue weighted by Crippen LogP contribution is 2.49. The first-order valence-corrected chi connectivity index (χ1v) is 10.4. The van der Waals surface area contributed by atoms with Crippen LogP contribution in [-0.4, -0.2) is 22.4 Å². The quantitative estimate of drug-likeness (QED) is 0.569. The fraction of sp³-hybridized carbons (Fsp3) is 0.304. The maximum Gasteiger partial charge on any atom is 0.417 e. The van der Waals surface area contributed by atoms with Crippen molar-refractivity contribution < 1.29 is 18.0 Å². The van der Waals surface area contributed by atoms with E-state index in [1.54, 1.807) is 6.07 Å². The Morgan fingerprint density at radius 2 is 1.78 bits per heavy atom. The van der Waals surface area contributed by atoms with Crippen molar-refractivity contribution in [2.24, 2.45) is 4.99 Å². The summed E-state index contributed by atoms with van der Waals surface area (Å²) in [4.78, 5) is 19.6. The number of nitrogens with zero attached hydrogens (tertiary/aromatic N) is 4. The molecule has 0 unspecified atom stereocenters. The Balaban J connectivity index is 1.92. The molecule has 0 bridgehead atoms. The Morgan fingerprint density at radius 3 is 2.28 bits per heavy atom. The standard InChI is InChI=1S/C23H19F3N4OS/c1-14-4-7-17(8-5-14)30-21(32)29(20(28-15(2)31)22(30)10-3-11-22)18-9-6-16(13-27)19(12-18)23(24,25)26/h4-9,12H,3,10-11H2,1-2H3/b28-20+. The molecule has 164 valence electrons. The van der Waals surface area contributed by atoms with Crippen molar-refractivity contribution in [3.05, 3.63) is 59.2 Å². The summed E-state index contributed by atoms with van der Waals surface area (Å²) in [6.07, 6.45) is -2.53.